The number of hydrogen-bond acceptors (Lipinski definition) is 3. The molecular formula is C13H13ClN2O2. The van der Waals surface area contributed by atoms with Crippen molar-refractivity contribution in [2.24, 2.45) is 0 Å². The van der Waals surface area contributed by atoms with Crippen LogP contribution in [0.25, 0.3) is 10.9 Å². The van der Waals surface area contributed by atoms with Gasteiger partial charge in [0.05, 0.1) is 10.9 Å². The van der Waals surface area contributed by atoms with E-state index in [2.05, 4.69) is 4.98 Å². The molecular weight excluding hydrogens is 252 g/mol. The van der Waals surface area contributed by atoms with E-state index >= 15 is 0 Å². The van der Waals surface area contributed by atoms with Gasteiger partial charge >= 0.3 is 0 Å². The number of fused-ring (bicyclic) bond motifs is 1. The minimum Gasteiger partial charge on any atom is -0.296 e. The van der Waals surface area contributed by atoms with Crippen LogP contribution in [-0.2, 0) is 11.3 Å². The van der Waals surface area contributed by atoms with Crippen LogP contribution in [0.5, 0.6) is 0 Å². The van der Waals surface area contributed by atoms with Crippen LogP contribution in [-0.4, -0.2) is 14.8 Å². The minimum absolute atomic E-state index is 0.0693. The van der Waals surface area contributed by atoms with Gasteiger partial charge in [-0.05, 0) is 37.1 Å². The quantitative estimate of drug-likeness (QED) is 0.796. The molecule has 0 amide bonds. The van der Waals surface area contributed by atoms with Crippen molar-refractivity contribution < 1.29 is 4.79 Å². The van der Waals surface area contributed by atoms with Crippen LogP contribution in [0.2, 0.25) is 0 Å². The average molecular weight is 265 g/mol. The second kappa shape index (κ2) is 5.31. The van der Waals surface area contributed by atoms with Crippen molar-refractivity contribution in [1.29, 1.82) is 0 Å². The lowest BCUT2D eigenvalue weighted by Crippen LogP contribution is -2.24. The number of aromatic nitrogens is 2. The molecule has 0 saturated carbocycles. The zero-order valence-electron chi connectivity index (χ0n) is 10.0. The molecule has 18 heavy (non-hydrogen) atoms. The molecule has 5 heteroatoms. The molecule has 0 spiro atoms. The highest BCUT2D eigenvalue weighted by molar-refractivity contribution is 6.63. The van der Waals surface area contributed by atoms with Gasteiger partial charge in [-0.25, -0.2) is 4.98 Å². The molecule has 2 aromatic rings. The molecule has 1 aromatic heterocycles. The molecule has 0 saturated heterocycles. The summed E-state index contributed by atoms with van der Waals surface area (Å²) in [6.45, 7) is 2.25. The Morgan fingerprint density at radius 1 is 1.39 bits per heavy atom. The van der Waals surface area contributed by atoms with E-state index in [4.69, 9.17) is 11.6 Å². The molecule has 0 fully saturated rings. The minimum atomic E-state index is -0.380. The first-order valence-corrected chi connectivity index (χ1v) is 6.12. The van der Waals surface area contributed by atoms with Crippen LogP contribution in [0.4, 0.5) is 0 Å². The summed E-state index contributed by atoms with van der Waals surface area (Å²) in [6.07, 6.45) is 0.809. The third kappa shape index (κ3) is 2.59. The van der Waals surface area contributed by atoms with E-state index in [1.807, 2.05) is 18.2 Å². The molecule has 1 aromatic carbocycles. The lowest BCUT2D eigenvalue weighted by molar-refractivity contribution is -0.111. The van der Waals surface area contributed by atoms with Crippen LogP contribution in [0, 0.1) is 6.92 Å². The molecule has 94 valence electrons. The zero-order chi connectivity index (χ0) is 13.1. The largest absolute Gasteiger partial charge is 0.296 e. The number of halogens is 1. The van der Waals surface area contributed by atoms with E-state index < -0.39 is 0 Å². The van der Waals surface area contributed by atoms with Gasteiger partial charge in [-0.1, -0.05) is 12.1 Å². The predicted molar refractivity (Wildman–Crippen MR) is 70.8 cm³/mol. The lowest BCUT2D eigenvalue weighted by atomic mass is 10.2. The van der Waals surface area contributed by atoms with Gasteiger partial charge < -0.3 is 0 Å². The third-order valence-electron chi connectivity index (χ3n) is 2.81. The van der Waals surface area contributed by atoms with Gasteiger partial charge in [0.2, 0.25) is 5.24 Å². The highest BCUT2D eigenvalue weighted by Gasteiger charge is 2.07. The first kappa shape index (κ1) is 12.8. The SMILES string of the molecule is Cc1nc2ccccc2c(=O)n1CCCC(=O)Cl. The summed E-state index contributed by atoms with van der Waals surface area (Å²) in [5.41, 5.74) is 0.629. The summed E-state index contributed by atoms with van der Waals surface area (Å²) < 4.78 is 1.59. The van der Waals surface area contributed by atoms with E-state index in [0.29, 0.717) is 29.7 Å². The van der Waals surface area contributed by atoms with E-state index in [-0.39, 0.29) is 17.2 Å². The molecule has 0 radical (unpaired) electrons. The van der Waals surface area contributed by atoms with Crippen molar-refractivity contribution in [3.8, 4) is 0 Å². The fraction of sp³-hybridized carbons (Fsp3) is 0.308. The van der Waals surface area contributed by atoms with Gasteiger partial charge in [0.1, 0.15) is 5.82 Å². The van der Waals surface area contributed by atoms with Crippen LogP contribution < -0.4 is 5.56 Å². The number of hydrogen-bond donors (Lipinski definition) is 0. The van der Waals surface area contributed by atoms with Gasteiger partial charge in [-0.2, -0.15) is 0 Å². The van der Waals surface area contributed by atoms with Crippen LogP contribution >= 0.6 is 11.6 Å². The molecule has 0 unspecified atom stereocenters. The van der Waals surface area contributed by atoms with Gasteiger partial charge in [0.25, 0.3) is 5.56 Å². The molecule has 0 bridgehead atoms. The average Bonchev–Trinajstić information content (AvgIpc) is 2.33. The monoisotopic (exact) mass is 264 g/mol. The number of carbonyl (C=O) groups excluding carboxylic acids is 1. The Morgan fingerprint density at radius 2 is 2.11 bits per heavy atom. The van der Waals surface area contributed by atoms with E-state index in [1.54, 1.807) is 17.6 Å². The summed E-state index contributed by atoms with van der Waals surface area (Å²) >= 11 is 5.28. The summed E-state index contributed by atoms with van der Waals surface area (Å²) in [7, 11) is 0. The topological polar surface area (TPSA) is 52.0 Å². The number of nitrogens with zero attached hydrogens (tertiary/aromatic N) is 2. The molecule has 0 N–H and O–H groups in total. The maximum absolute atomic E-state index is 12.2. The molecule has 0 aliphatic carbocycles. The van der Waals surface area contributed by atoms with Crippen molar-refractivity contribution in [3.63, 3.8) is 0 Å². The van der Waals surface area contributed by atoms with Crippen molar-refractivity contribution in [2.75, 3.05) is 0 Å². The zero-order valence-corrected chi connectivity index (χ0v) is 10.8. The standard InChI is InChI=1S/C13H13ClN2O2/c1-9-15-11-6-3-2-5-10(11)13(18)16(9)8-4-7-12(14)17/h2-3,5-6H,4,7-8H2,1H3. The number of rotatable bonds is 4. The van der Waals surface area contributed by atoms with Gasteiger partial charge in [-0.15, -0.1) is 0 Å². The predicted octanol–water partition coefficient (Wildman–Crippen LogP) is 2.25. The Labute approximate surface area is 109 Å². The van der Waals surface area contributed by atoms with Crippen molar-refractivity contribution in [1.82, 2.24) is 9.55 Å². The normalized spacial score (nSPS) is 10.8. The smallest absolute Gasteiger partial charge is 0.261 e. The van der Waals surface area contributed by atoms with Crippen LogP contribution in [0.15, 0.2) is 29.1 Å². The Balaban J connectivity index is 2.38. The third-order valence-corrected chi connectivity index (χ3v) is 3.00. The van der Waals surface area contributed by atoms with Gasteiger partial charge in [-0.3, -0.25) is 14.2 Å². The molecule has 2 rings (SSSR count). The van der Waals surface area contributed by atoms with E-state index in [0.717, 1.165) is 0 Å². The highest BCUT2D eigenvalue weighted by Crippen LogP contribution is 2.08. The summed E-state index contributed by atoms with van der Waals surface area (Å²) in [4.78, 5) is 27.3. The Bertz CT molecular complexity index is 649. The van der Waals surface area contributed by atoms with Gasteiger partial charge in [0, 0.05) is 13.0 Å². The number of aryl methyl sites for hydroxylation is 1. The highest BCUT2D eigenvalue weighted by atomic mass is 35.5. The Hall–Kier alpha value is -1.68. The number of benzene rings is 1. The number of para-hydroxylation sites is 1. The van der Waals surface area contributed by atoms with Crippen LogP contribution in [0.3, 0.4) is 0 Å². The summed E-state index contributed by atoms with van der Waals surface area (Å²) in [6, 6.07) is 7.24. The molecule has 0 atom stereocenters. The second-order valence-corrected chi connectivity index (χ2v) is 4.51. The van der Waals surface area contributed by atoms with Crippen molar-refractivity contribution in [3.05, 3.63) is 40.4 Å². The van der Waals surface area contributed by atoms with Crippen LogP contribution in [0.1, 0.15) is 18.7 Å². The first-order valence-electron chi connectivity index (χ1n) is 5.74. The van der Waals surface area contributed by atoms with E-state index in [9.17, 15) is 9.59 Å². The van der Waals surface area contributed by atoms with E-state index in [1.165, 1.54) is 0 Å². The second-order valence-electron chi connectivity index (χ2n) is 4.09. The molecule has 1 heterocycles. The first-order chi connectivity index (χ1) is 8.59. The fourth-order valence-electron chi connectivity index (χ4n) is 1.92. The Kier molecular flexibility index (Phi) is 3.77. The summed E-state index contributed by atoms with van der Waals surface area (Å²) in [5, 5.41) is 0.217. The molecule has 0 aliphatic rings. The maximum atomic E-state index is 12.2. The number of carbonyl (C=O) groups is 1. The fourth-order valence-corrected chi connectivity index (χ4v) is 2.05. The van der Waals surface area contributed by atoms with Crippen molar-refractivity contribution in [2.45, 2.75) is 26.3 Å². The maximum Gasteiger partial charge on any atom is 0.261 e. The molecule has 0 aliphatic heterocycles. The van der Waals surface area contributed by atoms with Crippen molar-refractivity contribution >= 4 is 27.7 Å². The molecule has 4 nitrogen and oxygen atoms in total. The lowest BCUT2D eigenvalue weighted by Gasteiger charge is -2.09. The Morgan fingerprint density at radius 3 is 2.83 bits per heavy atom. The summed E-state index contributed by atoms with van der Waals surface area (Å²) in [5.74, 6) is 0.653. The van der Waals surface area contributed by atoms with Gasteiger partial charge in [0.15, 0.2) is 0 Å².